The third kappa shape index (κ3) is 3.14. The number of benzene rings is 1. The Labute approximate surface area is 126 Å². The number of rotatable bonds is 4. The van der Waals surface area contributed by atoms with Crippen LogP contribution < -0.4 is 10.6 Å². The molecule has 0 spiro atoms. The molecular formula is C14H23N3O3S. The van der Waals surface area contributed by atoms with Crippen molar-refractivity contribution in [3.63, 3.8) is 0 Å². The van der Waals surface area contributed by atoms with Gasteiger partial charge in [0.25, 0.3) is 0 Å². The molecule has 0 aromatic heterocycles. The molecule has 7 heteroatoms. The fraction of sp³-hybridized carbons (Fsp3) is 0.571. The van der Waals surface area contributed by atoms with Gasteiger partial charge in [-0.3, -0.25) is 0 Å². The molecule has 1 aromatic rings. The molecule has 1 aliphatic rings. The topological polar surface area (TPSA) is 86.9 Å². The summed E-state index contributed by atoms with van der Waals surface area (Å²) in [6.45, 7) is 3.35. The molecule has 118 valence electrons. The maximum atomic E-state index is 12.1. The van der Waals surface area contributed by atoms with Gasteiger partial charge in [0.1, 0.15) is 0 Å². The molecule has 1 heterocycles. The Hall–Kier alpha value is -1.31. The Balaban J connectivity index is 2.25. The summed E-state index contributed by atoms with van der Waals surface area (Å²) in [5.41, 5.74) is 7.31. The van der Waals surface area contributed by atoms with E-state index in [1.807, 2.05) is 0 Å². The van der Waals surface area contributed by atoms with Crippen LogP contribution >= 0.6 is 0 Å². The van der Waals surface area contributed by atoms with Crippen molar-refractivity contribution < 1.29 is 13.5 Å². The van der Waals surface area contributed by atoms with Gasteiger partial charge in [-0.25, -0.2) is 12.7 Å². The number of nitrogen functional groups attached to an aromatic ring is 1. The fourth-order valence-corrected chi connectivity index (χ4v) is 3.53. The van der Waals surface area contributed by atoms with Gasteiger partial charge in [-0.15, -0.1) is 0 Å². The number of nitrogens with zero attached hydrogens (tertiary/aromatic N) is 2. The van der Waals surface area contributed by atoms with Gasteiger partial charge in [-0.05, 0) is 31.5 Å². The smallest absolute Gasteiger partial charge is 0.242 e. The Morgan fingerprint density at radius 1 is 1.43 bits per heavy atom. The van der Waals surface area contributed by atoms with Gasteiger partial charge in [-0.2, -0.15) is 0 Å². The number of aliphatic hydroxyl groups excluding tert-OH is 1. The third-order valence-corrected chi connectivity index (χ3v) is 5.84. The Morgan fingerprint density at radius 2 is 2.10 bits per heavy atom. The van der Waals surface area contributed by atoms with Crippen LogP contribution in [0.3, 0.4) is 0 Å². The average Bonchev–Trinajstić information content (AvgIpc) is 2.87. The van der Waals surface area contributed by atoms with Crippen LogP contribution in [0, 0.1) is 5.92 Å². The van der Waals surface area contributed by atoms with E-state index in [0.717, 1.165) is 25.2 Å². The lowest BCUT2D eigenvalue weighted by Crippen LogP contribution is -2.25. The second-order valence-electron chi connectivity index (χ2n) is 5.74. The zero-order valence-electron chi connectivity index (χ0n) is 12.7. The molecule has 2 unspecified atom stereocenters. The molecule has 21 heavy (non-hydrogen) atoms. The van der Waals surface area contributed by atoms with Gasteiger partial charge in [-0.1, -0.05) is 0 Å². The molecule has 0 aliphatic carbocycles. The summed E-state index contributed by atoms with van der Waals surface area (Å²) in [4.78, 5) is 2.29. The van der Waals surface area contributed by atoms with Crippen molar-refractivity contribution in [3.8, 4) is 0 Å². The SMILES string of the molecule is CC(O)C1CCN(c2ccc(S(=O)(=O)N(C)C)cc2N)C1. The van der Waals surface area contributed by atoms with Crippen LogP contribution in [-0.4, -0.2) is 51.1 Å². The van der Waals surface area contributed by atoms with Crippen molar-refractivity contribution in [1.82, 2.24) is 4.31 Å². The quantitative estimate of drug-likeness (QED) is 0.800. The largest absolute Gasteiger partial charge is 0.397 e. The number of hydrogen-bond donors (Lipinski definition) is 2. The summed E-state index contributed by atoms with van der Waals surface area (Å²) >= 11 is 0. The van der Waals surface area contributed by atoms with Crippen LogP contribution in [0.5, 0.6) is 0 Å². The lowest BCUT2D eigenvalue weighted by Gasteiger charge is -2.22. The summed E-state index contributed by atoms with van der Waals surface area (Å²) in [5, 5.41) is 9.66. The molecule has 1 fully saturated rings. The van der Waals surface area contributed by atoms with Gasteiger partial charge >= 0.3 is 0 Å². The zero-order valence-corrected chi connectivity index (χ0v) is 13.5. The Bertz CT molecular complexity index is 614. The van der Waals surface area contributed by atoms with Gasteiger partial charge < -0.3 is 15.7 Å². The van der Waals surface area contributed by atoms with Crippen molar-refractivity contribution in [2.45, 2.75) is 24.3 Å². The van der Waals surface area contributed by atoms with E-state index in [1.165, 1.54) is 24.5 Å². The van der Waals surface area contributed by atoms with E-state index in [9.17, 15) is 13.5 Å². The van der Waals surface area contributed by atoms with Crippen molar-refractivity contribution >= 4 is 21.4 Å². The highest BCUT2D eigenvalue weighted by Crippen LogP contribution is 2.32. The van der Waals surface area contributed by atoms with Gasteiger partial charge in [0, 0.05) is 33.1 Å². The first-order chi connectivity index (χ1) is 9.73. The van der Waals surface area contributed by atoms with Crippen LogP contribution in [0.1, 0.15) is 13.3 Å². The molecule has 0 saturated carbocycles. The second-order valence-corrected chi connectivity index (χ2v) is 7.90. The van der Waals surface area contributed by atoms with Crippen LogP contribution in [-0.2, 0) is 10.0 Å². The molecule has 1 saturated heterocycles. The van der Waals surface area contributed by atoms with Crippen molar-refractivity contribution in [1.29, 1.82) is 0 Å². The fourth-order valence-electron chi connectivity index (χ4n) is 2.59. The zero-order chi connectivity index (χ0) is 15.8. The summed E-state index contributed by atoms with van der Waals surface area (Å²) < 4.78 is 25.3. The minimum atomic E-state index is -3.47. The van der Waals surface area contributed by atoms with Crippen LogP contribution in [0.2, 0.25) is 0 Å². The summed E-state index contributed by atoms with van der Waals surface area (Å²) in [6.07, 6.45) is 0.569. The van der Waals surface area contributed by atoms with E-state index < -0.39 is 10.0 Å². The highest BCUT2D eigenvalue weighted by molar-refractivity contribution is 7.89. The lowest BCUT2D eigenvalue weighted by atomic mass is 10.0. The molecule has 0 bridgehead atoms. The Morgan fingerprint density at radius 3 is 2.57 bits per heavy atom. The number of anilines is 2. The molecule has 1 aromatic carbocycles. The normalized spacial score (nSPS) is 21.0. The van der Waals surface area contributed by atoms with E-state index in [-0.39, 0.29) is 16.9 Å². The molecule has 3 N–H and O–H groups in total. The van der Waals surface area contributed by atoms with E-state index >= 15 is 0 Å². The van der Waals surface area contributed by atoms with Crippen molar-refractivity contribution in [3.05, 3.63) is 18.2 Å². The first-order valence-electron chi connectivity index (χ1n) is 6.98. The maximum Gasteiger partial charge on any atom is 0.242 e. The molecule has 0 radical (unpaired) electrons. The van der Waals surface area contributed by atoms with E-state index in [4.69, 9.17) is 5.73 Å². The molecule has 6 nitrogen and oxygen atoms in total. The van der Waals surface area contributed by atoms with Crippen LogP contribution in [0.4, 0.5) is 11.4 Å². The lowest BCUT2D eigenvalue weighted by molar-refractivity contribution is 0.136. The van der Waals surface area contributed by atoms with Crippen LogP contribution in [0.15, 0.2) is 23.1 Å². The van der Waals surface area contributed by atoms with Gasteiger partial charge in [0.05, 0.1) is 22.4 Å². The highest BCUT2D eigenvalue weighted by Gasteiger charge is 2.27. The molecule has 1 aliphatic heterocycles. The maximum absolute atomic E-state index is 12.1. The molecular weight excluding hydrogens is 290 g/mol. The van der Waals surface area contributed by atoms with Gasteiger partial charge in [0.2, 0.25) is 10.0 Å². The number of sulfonamides is 1. The molecule has 2 rings (SSSR count). The first-order valence-corrected chi connectivity index (χ1v) is 8.42. The van der Waals surface area contributed by atoms with E-state index in [0.29, 0.717) is 5.69 Å². The summed E-state index contributed by atoms with van der Waals surface area (Å²) in [6, 6.07) is 4.83. The highest BCUT2D eigenvalue weighted by atomic mass is 32.2. The minimum Gasteiger partial charge on any atom is -0.397 e. The van der Waals surface area contributed by atoms with Gasteiger partial charge in [0.15, 0.2) is 0 Å². The molecule has 0 amide bonds. The number of hydrogen-bond acceptors (Lipinski definition) is 5. The average molecular weight is 313 g/mol. The summed E-state index contributed by atoms with van der Waals surface area (Å²) in [5.74, 6) is 0.231. The number of aliphatic hydroxyl groups is 1. The summed E-state index contributed by atoms with van der Waals surface area (Å²) in [7, 11) is -0.483. The predicted octanol–water partition coefficient (Wildman–Crippen LogP) is 0.726. The van der Waals surface area contributed by atoms with E-state index in [1.54, 1.807) is 19.1 Å². The van der Waals surface area contributed by atoms with Crippen LogP contribution in [0.25, 0.3) is 0 Å². The predicted molar refractivity (Wildman–Crippen MR) is 83.7 cm³/mol. The Kier molecular flexibility index (Phi) is 4.46. The van der Waals surface area contributed by atoms with Crippen molar-refractivity contribution in [2.24, 2.45) is 5.92 Å². The first kappa shape index (κ1) is 16.1. The molecule has 2 atom stereocenters. The monoisotopic (exact) mass is 313 g/mol. The second kappa shape index (κ2) is 5.82. The standard InChI is InChI=1S/C14H23N3O3S/c1-10(18)11-6-7-17(9-11)14-5-4-12(8-13(14)15)21(19,20)16(2)3/h4-5,8,10-11,18H,6-7,9,15H2,1-3H3. The number of nitrogens with two attached hydrogens (primary N) is 1. The van der Waals surface area contributed by atoms with Crippen molar-refractivity contribution in [2.75, 3.05) is 37.8 Å². The van der Waals surface area contributed by atoms with E-state index in [2.05, 4.69) is 4.90 Å². The minimum absolute atomic E-state index is 0.194. The third-order valence-electron chi connectivity index (χ3n) is 4.03.